The minimum atomic E-state index is 0.363. The van der Waals surface area contributed by atoms with E-state index in [0.29, 0.717) is 6.04 Å². The first-order valence-corrected chi connectivity index (χ1v) is 5.69. The normalized spacial score (nSPS) is 19.9. The fourth-order valence-corrected chi connectivity index (χ4v) is 1.72. The predicted octanol–water partition coefficient (Wildman–Crippen LogP) is 0.560. The fourth-order valence-electron chi connectivity index (χ4n) is 1.72. The molecule has 0 atom stereocenters. The first-order valence-electron chi connectivity index (χ1n) is 5.69. The second-order valence-corrected chi connectivity index (χ2v) is 4.71. The Morgan fingerprint density at radius 1 is 1.13 bits per heavy atom. The highest BCUT2D eigenvalue weighted by Gasteiger charge is 2.18. The van der Waals surface area contributed by atoms with Crippen molar-refractivity contribution in [3.63, 3.8) is 0 Å². The average Bonchev–Trinajstić information content (AvgIpc) is 2.15. The Labute approximate surface area is 93.6 Å². The van der Waals surface area contributed by atoms with Gasteiger partial charge in [0.05, 0.1) is 0 Å². The Hall–Kier alpha value is -0.770. The molecule has 0 spiro atoms. The van der Waals surface area contributed by atoms with Crippen LogP contribution in [0, 0.1) is 0 Å². The van der Waals surface area contributed by atoms with Crippen LogP contribution in [0.3, 0.4) is 0 Å². The average molecular weight is 212 g/mol. The fraction of sp³-hybridized carbons (Fsp3) is 0.909. The van der Waals surface area contributed by atoms with E-state index in [9.17, 15) is 0 Å². The SMILES string of the molecule is CC(C)N=C(N(C)C)N1CCN(C)CC1. The molecule has 0 aromatic heterocycles. The monoisotopic (exact) mass is 212 g/mol. The summed E-state index contributed by atoms with van der Waals surface area (Å²) in [7, 11) is 6.31. The van der Waals surface area contributed by atoms with Crippen molar-refractivity contribution >= 4 is 5.96 Å². The number of likely N-dealkylation sites (N-methyl/N-ethyl adjacent to an activating group) is 1. The predicted molar refractivity (Wildman–Crippen MR) is 65.3 cm³/mol. The van der Waals surface area contributed by atoms with Crippen molar-refractivity contribution < 1.29 is 0 Å². The molecule has 0 amide bonds. The van der Waals surface area contributed by atoms with E-state index >= 15 is 0 Å². The smallest absolute Gasteiger partial charge is 0.196 e. The Balaban J connectivity index is 2.65. The molecule has 0 aromatic rings. The van der Waals surface area contributed by atoms with Crippen LogP contribution in [0.4, 0.5) is 0 Å². The molecule has 1 heterocycles. The van der Waals surface area contributed by atoms with Gasteiger partial charge in [-0.2, -0.15) is 0 Å². The van der Waals surface area contributed by atoms with E-state index in [2.05, 4.69) is 54.7 Å². The molecule has 0 radical (unpaired) electrons. The first-order chi connectivity index (χ1) is 7.00. The zero-order valence-corrected chi connectivity index (χ0v) is 10.7. The maximum Gasteiger partial charge on any atom is 0.196 e. The molecule has 1 aliphatic rings. The summed E-state index contributed by atoms with van der Waals surface area (Å²) < 4.78 is 0. The van der Waals surface area contributed by atoms with Gasteiger partial charge in [0.25, 0.3) is 0 Å². The summed E-state index contributed by atoms with van der Waals surface area (Å²) in [5.41, 5.74) is 0. The number of nitrogens with zero attached hydrogens (tertiary/aromatic N) is 4. The van der Waals surface area contributed by atoms with Gasteiger partial charge in [0.2, 0.25) is 0 Å². The maximum absolute atomic E-state index is 4.68. The zero-order chi connectivity index (χ0) is 11.4. The van der Waals surface area contributed by atoms with Crippen LogP contribution in [-0.2, 0) is 0 Å². The molecule has 0 aliphatic carbocycles. The third kappa shape index (κ3) is 3.70. The lowest BCUT2D eigenvalue weighted by Crippen LogP contribution is -2.51. The lowest BCUT2D eigenvalue weighted by molar-refractivity contribution is 0.202. The van der Waals surface area contributed by atoms with Crippen molar-refractivity contribution in [1.29, 1.82) is 0 Å². The molecular formula is C11H24N4. The summed E-state index contributed by atoms with van der Waals surface area (Å²) in [5.74, 6) is 1.12. The third-order valence-corrected chi connectivity index (χ3v) is 2.56. The Morgan fingerprint density at radius 2 is 1.67 bits per heavy atom. The molecule has 4 heteroatoms. The van der Waals surface area contributed by atoms with Gasteiger partial charge in [0.1, 0.15) is 0 Å². The summed E-state index contributed by atoms with van der Waals surface area (Å²) >= 11 is 0. The van der Waals surface area contributed by atoms with E-state index < -0.39 is 0 Å². The van der Waals surface area contributed by atoms with Crippen LogP contribution >= 0.6 is 0 Å². The molecule has 1 rings (SSSR count). The highest BCUT2D eigenvalue weighted by Crippen LogP contribution is 2.04. The van der Waals surface area contributed by atoms with Gasteiger partial charge >= 0.3 is 0 Å². The molecule has 0 aromatic carbocycles. The molecule has 0 unspecified atom stereocenters. The van der Waals surface area contributed by atoms with Crippen molar-refractivity contribution in [2.45, 2.75) is 19.9 Å². The third-order valence-electron chi connectivity index (χ3n) is 2.56. The van der Waals surface area contributed by atoms with E-state index in [1.807, 2.05) is 0 Å². The topological polar surface area (TPSA) is 22.1 Å². The van der Waals surface area contributed by atoms with Crippen LogP contribution in [0.15, 0.2) is 4.99 Å². The van der Waals surface area contributed by atoms with Gasteiger partial charge in [-0.05, 0) is 20.9 Å². The standard InChI is InChI=1S/C11H24N4/c1-10(2)12-11(13(3)4)15-8-6-14(5)7-9-15/h10H,6-9H2,1-5H3. The minimum absolute atomic E-state index is 0.363. The van der Waals surface area contributed by atoms with Crippen molar-refractivity contribution in [2.24, 2.45) is 4.99 Å². The summed E-state index contributed by atoms with van der Waals surface area (Å²) in [5, 5.41) is 0. The van der Waals surface area contributed by atoms with E-state index in [1.54, 1.807) is 0 Å². The number of guanidine groups is 1. The van der Waals surface area contributed by atoms with Gasteiger partial charge in [0.15, 0.2) is 5.96 Å². The molecule has 0 saturated carbocycles. The van der Waals surface area contributed by atoms with Gasteiger partial charge in [-0.25, -0.2) is 0 Å². The van der Waals surface area contributed by atoms with Crippen molar-refractivity contribution in [3.05, 3.63) is 0 Å². The largest absolute Gasteiger partial charge is 0.349 e. The molecule has 0 bridgehead atoms. The van der Waals surface area contributed by atoms with Crippen LogP contribution in [0.2, 0.25) is 0 Å². The molecule has 4 nitrogen and oxygen atoms in total. The molecule has 1 aliphatic heterocycles. The molecule has 1 fully saturated rings. The molecule has 88 valence electrons. The zero-order valence-electron chi connectivity index (χ0n) is 10.7. The lowest BCUT2D eigenvalue weighted by atomic mass is 10.3. The number of aliphatic imine (C=N–C) groups is 1. The summed E-state index contributed by atoms with van der Waals surface area (Å²) in [6, 6.07) is 0.363. The van der Waals surface area contributed by atoms with Gasteiger partial charge < -0.3 is 14.7 Å². The van der Waals surface area contributed by atoms with Crippen molar-refractivity contribution in [1.82, 2.24) is 14.7 Å². The van der Waals surface area contributed by atoms with Crippen molar-refractivity contribution in [3.8, 4) is 0 Å². The van der Waals surface area contributed by atoms with E-state index in [-0.39, 0.29) is 0 Å². The van der Waals surface area contributed by atoms with Gasteiger partial charge in [-0.15, -0.1) is 0 Å². The number of piperazine rings is 1. The van der Waals surface area contributed by atoms with Gasteiger partial charge in [-0.3, -0.25) is 4.99 Å². The van der Waals surface area contributed by atoms with E-state index in [0.717, 1.165) is 32.1 Å². The summed E-state index contributed by atoms with van der Waals surface area (Å²) in [6.07, 6.45) is 0. The number of rotatable bonds is 1. The van der Waals surface area contributed by atoms with E-state index in [4.69, 9.17) is 0 Å². The number of hydrogen-bond acceptors (Lipinski definition) is 2. The van der Waals surface area contributed by atoms with Crippen molar-refractivity contribution in [2.75, 3.05) is 47.3 Å². The molecular weight excluding hydrogens is 188 g/mol. The summed E-state index contributed by atoms with van der Waals surface area (Å²) in [6.45, 7) is 8.68. The lowest BCUT2D eigenvalue weighted by Gasteiger charge is -2.37. The van der Waals surface area contributed by atoms with Gasteiger partial charge in [0, 0.05) is 46.3 Å². The number of hydrogen-bond donors (Lipinski definition) is 0. The second kappa shape index (κ2) is 5.35. The first kappa shape index (κ1) is 12.3. The Bertz CT molecular complexity index is 215. The minimum Gasteiger partial charge on any atom is -0.349 e. The quantitative estimate of drug-likeness (QED) is 0.468. The van der Waals surface area contributed by atoms with Crippen LogP contribution < -0.4 is 0 Å². The van der Waals surface area contributed by atoms with Crippen LogP contribution in [-0.4, -0.2) is 74.0 Å². The van der Waals surface area contributed by atoms with Crippen LogP contribution in [0.5, 0.6) is 0 Å². The summed E-state index contributed by atoms with van der Waals surface area (Å²) in [4.78, 5) is 11.5. The molecule has 1 saturated heterocycles. The van der Waals surface area contributed by atoms with Crippen LogP contribution in [0.25, 0.3) is 0 Å². The molecule has 15 heavy (non-hydrogen) atoms. The second-order valence-electron chi connectivity index (χ2n) is 4.71. The molecule has 0 N–H and O–H groups in total. The van der Waals surface area contributed by atoms with Gasteiger partial charge in [-0.1, -0.05) is 0 Å². The highest BCUT2D eigenvalue weighted by atomic mass is 15.4. The Kier molecular flexibility index (Phi) is 4.39. The highest BCUT2D eigenvalue weighted by molar-refractivity contribution is 5.80. The maximum atomic E-state index is 4.68. The Morgan fingerprint density at radius 3 is 2.07 bits per heavy atom. The van der Waals surface area contributed by atoms with E-state index in [1.165, 1.54) is 0 Å². The van der Waals surface area contributed by atoms with Crippen LogP contribution in [0.1, 0.15) is 13.8 Å².